The molecule has 0 atom stereocenters. The van der Waals surface area contributed by atoms with Crippen molar-refractivity contribution in [3.05, 3.63) is 77.5 Å². The summed E-state index contributed by atoms with van der Waals surface area (Å²) in [6, 6.07) is 6.97. The molecular formula is C20H14F2N4O. The van der Waals surface area contributed by atoms with Crippen LogP contribution in [-0.2, 0) is 6.42 Å². The van der Waals surface area contributed by atoms with Crippen molar-refractivity contribution in [3.8, 4) is 11.3 Å². The Balaban J connectivity index is 1.73. The van der Waals surface area contributed by atoms with Crippen LogP contribution < -0.4 is 0 Å². The molecule has 5 nitrogen and oxygen atoms in total. The van der Waals surface area contributed by atoms with Crippen LogP contribution in [0.15, 0.2) is 48.9 Å². The summed E-state index contributed by atoms with van der Waals surface area (Å²) < 4.78 is 27.2. The van der Waals surface area contributed by atoms with Gasteiger partial charge in [-0.25, -0.2) is 13.8 Å². The minimum absolute atomic E-state index is 0.0629. The van der Waals surface area contributed by atoms with Gasteiger partial charge >= 0.3 is 0 Å². The highest BCUT2D eigenvalue weighted by Gasteiger charge is 2.17. The number of hydrogen-bond donors (Lipinski definition) is 1. The zero-order valence-electron chi connectivity index (χ0n) is 14.3. The summed E-state index contributed by atoms with van der Waals surface area (Å²) in [7, 11) is 0. The van der Waals surface area contributed by atoms with Gasteiger partial charge in [-0.05, 0) is 36.2 Å². The van der Waals surface area contributed by atoms with E-state index in [1.54, 1.807) is 24.5 Å². The Bertz CT molecular complexity index is 1170. The van der Waals surface area contributed by atoms with Crippen molar-refractivity contribution in [2.24, 2.45) is 0 Å². The first-order valence-corrected chi connectivity index (χ1v) is 8.35. The summed E-state index contributed by atoms with van der Waals surface area (Å²) in [6.45, 7) is 2.03. The SMILES string of the molecule is CCc1cncc(-c2cc(C(=O)c3nc4c(F)cc(F)cc4[nH]3)ccn2)c1. The van der Waals surface area contributed by atoms with E-state index in [9.17, 15) is 13.6 Å². The van der Waals surface area contributed by atoms with Crippen LogP contribution in [0.2, 0.25) is 0 Å². The fourth-order valence-corrected chi connectivity index (χ4v) is 2.84. The number of pyridine rings is 2. The number of H-pyrrole nitrogens is 1. The fraction of sp³-hybridized carbons (Fsp3) is 0.100. The van der Waals surface area contributed by atoms with Crippen LogP contribution in [0.5, 0.6) is 0 Å². The van der Waals surface area contributed by atoms with Gasteiger partial charge in [0.15, 0.2) is 11.6 Å². The first kappa shape index (κ1) is 17.0. The first-order valence-electron chi connectivity index (χ1n) is 8.35. The number of ketones is 1. The van der Waals surface area contributed by atoms with Crippen molar-refractivity contribution in [3.63, 3.8) is 0 Å². The molecule has 0 aliphatic carbocycles. The Hall–Kier alpha value is -3.48. The van der Waals surface area contributed by atoms with Gasteiger partial charge in [0.05, 0.1) is 11.2 Å². The smallest absolute Gasteiger partial charge is 0.228 e. The monoisotopic (exact) mass is 364 g/mol. The van der Waals surface area contributed by atoms with E-state index in [0.29, 0.717) is 11.3 Å². The van der Waals surface area contributed by atoms with Crippen LogP contribution in [0, 0.1) is 11.6 Å². The molecule has 0 bridgehead atoms. The highest BCUT2D eigenvalue weighted by atomic mass is 19.1. The second kappa shape index (κ2) is 6.68. The molecule has 0 spiro atoms. The molecule has 0 aliphatic rings. The van der Waals surface area contributed by atoms with E-state index >= 15 is 0 Å². The number of carbonyl (C=O) groups is 1. The minimum atomic E-state index is -0.821. The molecule has 7 heteroatoms. The summed E-state index contributed by atoms with van der Waals surface area (Å²) in [5.41, 5.74) is 2.83. The second-order valence-electron chi connectivity index (χ2n) is 6.06. The van der Waals surface area contributed by atoms with Crippen LogP contribution in [0.1, 0.15) is 28.7 Å². The number of aromatic amines is 1. The Kier molecular flexibility index (Phi) is 4.19. The molecule has 0 saturated carbocycles. The summed E-state index contributed by atoms with van der Waals surface area (Å²) in [4.78, 5) is 27.9. The molecule has 0 amide bonds. The number of imidazole rings is 1. The largest absolute Gasteiger partial charge is 0.335 e. The third-order valence-electron chi connectivity index (χ3n) is 4.24. The van der Waals surface area contributed by atoms with Crippen molar-refractivity contribution in [1.29, 1.82) is 0 Å². The molecule has 4 rings (SSSR count). The molecule has 0 saturated heterocycles. The molecule has 0 aliphatic heterocycles. The predicted octanol–water partition coefficient (Wildman–Crippen LogP) is 4.09. The normalized spacial score (nSPS) is 11.1. The third-order valence-corrected chi connectivity index (χ3v) is 4.24. The number of nitrogens with one attached hydrogen (secondary N) is 1. The molecule has 1 N–H and O–H groups in total. The van der Waals surface area contributed by atoms with E-state index in [0.717, 1.165) is 29.7 Å². The number of hydrogen-bond acceptors (Lipinski definition) is 4. The average molecular weight is 364 g/mol. The first-order chi connectivity index (χ1) is 13.0. The number of aryl methyl sites for hydroxylation is 1. The summed E-state index contributed by atoms with van der Waals surface area (Å²) in [6.07, 6.45) is 5.81. The molecule has 3 heterocycles. The summed E-state index contributed by atoms with van der Waals surface area (Å²) >= 11 is 0. The molecule has 0 fully saturated rings. The van der Waals surface area contributed by atoms with E-state index in [2.05, 4.69) is 19.9 Å². The van der Waals surface area contributed by atoms with Gasteiger partial charge in [-0.3, -0.25) is 14.8 Å². The number of aromatic nitrogens is 4. The summed E-state index contributed by atoms with van der Waals surface area (Å²) in [5.74, 6) is -2.06. The molecular weight excluding hydrogens is 350 g/mol. The van der Waals surface area contributed by atoms with Crippen molar-refractivity contribution in [1.82, 2.24) is 19.9 Å². The van der Waals surface area contributed by atoms with Crippen LogP contribution in [-0.4, -0.2) is 25.7 Å². The van der Waals surface area contributed by atoms with E-state index in [1.807, 2.05) is 13.0 Å². The van der Waals surface area contributed by atoms with Gasteiger partial charge in [0.1, 0.15) is 11.3 Å². The van der Waals surface area contributed by atoms with Gasteiger partial charge in [-0.1, -0.05) is 6.92 Å². The van der Waals surface area contributed by atoms with Gasteiger partial charge in [0, 0.05) is 35.8 Å². The van der Waals surface area contributed by atoms with Gasteiger partial charge in [-0.2, -0.15) is 0 Å². The molecule has 3 aromatic heterocycles. The highest BCUT2D eigenvalue weighted by molar-refractivity contribution is 6.08. The maximum Gasteiger partial charge on any atom is 0.228 e. The van der Waals surface area contributed by atoms with Gasteiger partial charge in [0.25, 0.3) is 0 Å². The topological polar surface area (TPSA) is 71.5 Å². The summed E-state index contributed by atoms with van der Waals surface area (Å²) in [5, 5.41) is 0. The minimum Gasteiger partial charge on any atom is -0.335 e. The standard InChI is InChI=1S/C20H14F2N4O/c1-2-11-5-13(10-23-9-11)16-6-12(3-4-24-16)19(27)20-25-17-8-14(21)7-15(22)18(17)26-20/h3-10H,2H2,1H3,(H,25,26). The number of nitrogens with zero attached hydrogens (tertiary/aromatic N) is 3. The number of rotatable bonds is 4. The van der Waals surface area contributed by atoms with E-state index in [1.165, 1.54) is 6.20 Å². The van der Waals surface area contributed by atoms with Gasteiger partial charge in [0.2, 0.25) is 5.78 Å². The van der Waals surface area contributed by atoms with Crippen molar-refractivity contribution < 1.29 is 13.6 Å². The van der Waals surface area contributed by atoms with Crippen LogP contribution >= 0.6 is 0 Å². The maximum absolute atomic E-state index is 13.8. The van der Waals surface area contributed by atoms with E-state index in [4.69, 9.17) is 0 Å². The Morgan fingerprint density at radius 2 is 2.00 bits per heavy atom. The van der Waals surface area contributed by atoms with Crippen molar-refractivity contribution >= 4 is 16.8 Å². The molecule has 1 aromatic carbocycles. The maximum atomic E-state index is 13.8. The Morgan fingerprint density at radius 1 is 1.15 bits per heavy atom. The molecule has 4 aromatic rings. The van der Waals surface area contributed by atoms with Crippen LogP contribution in [0.4, 0.5) is 8.78 Å². The second-order valence-corrected chi connectivity index (χ2v) is 6.06. The zero-order valence-corrected chi connectivity index (χ0v) is 14.3. The quantitative estimate of drug-likeness (QED) is 0.554. The average Bonchev–Trinajstić information content (AvgIpc) is 3.12. The van der Waals surface area contributed by atoms with Crippen LogP contribution in [0.3, 0.4) is 0 Å². The van der Waals surface area contributed by atoms with E-state index < -0.39 is 17.4 Å². The van der Waals surface area contributed by atoms with Gasteiger partial charge < -0.3 is 4.98 Å². The number of carbonyl (C=O) groups excluding carboxylic acids is 1. The number of benzene rings is 1. The van der Waals surface area contributed by atoms with Gasteiger partial charge in [-0.15, -0.1) is 0 Å². The molecule has 0 radical (unpaired) electrons. The van der Waals surface area contributed by atoms with Crippen LogP contribution in [0.25, 0.3) is 22.3 Å². The predicted molar refractivity (Wildman–Crippen MR) is 96.3 cm³/mol. The van der Waals surface area contributed by atoms with E-state index in [-0.39, 0.29) is 16.9 Å². The Morgan fingerprint density at radius 3 is 2.81 bits per heavy atom. The number of fused-ring (bicyclic) bond motifs is 1. The third kappa shape index (κ3) is 3.19. The Labute approximate surface area is 153 Å². The highest BCUT2D eigenvalue weighted by Crippen LogP contribution is 2.22. The lowest BCUT2D eigenvalue weighted by molar-refractivity contribution is 0.103. The molecule has 0 unspecified atom stereocenters. The van der Waals surface area contributed by atoms with Crippen molar-refractivity contribution in [2.45, 2.75) is 13.3 Å². The zero-order chi connectivity index (χ0) is 19.0. The molecule has 27 heavy (non-hydrogen) atoms. The lowest BCUT2D eigenvalue weighted by Gasteiger charge is -2.04. The number of halogens is 2. The van der Waals surface area contributed by atoms with Crippen molar-refractivity contribution in [2.75, 3.05) is 0 Å². The molecule has 134 valence electrons. The lowest BCUT2D eigenvalue weighted by atomic mass is 10.1. The fourth-order valence-electron chi connectivity index (χ4n) is 2.84. The lowest BCUT2D eigenvalue weighted by Crippen LogP contribution is -2.04.